The minimum Gasteiger partial charge on any atom is -0.437 e. The first-order valence-electron chi connectivity index (χ1n) is 7.35. The van der Waals surface area contributed by atoms with Crippen LogP contribution in [0.3, 0.4) is 0 Å². The Hall–Kier alpha value is -1.02. The van der Waals surface area contributed by atoms with Crippen LogP contribution in [0.2, 0.25) is 0 Å². The Morgan fingerprint density at radius 1 is 1.50 bits per heavy atom. The molecule has 1 aliphatic heterocycles. The maximum atomic E-state index is 12.6. The van der Waals surface area contributed by atoms with Crippen LogP contribution in [0.1, 0.15) is 31.7 Å². The Morgan fingerprint density at radius 2 is 2.18 bits per heavy atom. The van der Waals surface area contributed by atoms with Crippen molar-refractivity contribution in [2.75, 3.05) is 18.1 Å². The predicted molar refractivity (Wildman–Crippen MR) is 85.7 cm³/mol. The summed E-state index contributed by atoms with van der Waals surface area (Å²) in [6.45, 7) is 7.87. The summed E-state index contributed by atoms with van der Waals surface area (Å²) in [6.07, 6.45) is 0.524. The van der Waals surface area contributed by atoms with Gasteiger partial charge in [0.2, 0.25) is 5.91 Å². The number of carbonyl (C=O) groups excluding carboxylic acids is 1. The van der Waals surface area contributed by atoms with Crippen molar-refractivity contribution >= 4 is 27.5 Å². The lowest BCUT2D eigenvalue weighted by Gasteiger charge is -2.28. The normalized spacial score (nSPS) is 21.7. The van der Waals surface area contributed by atoms with Gasteiger partial charge in [0, 0.05) is 12.6 Å². The first-order valence-corrected chi connectivity index (χ1v) is 10.0. The second-order valence-corrected chi connectivity index (χ2v) is 9.08. The molecule has 1 amide bonds. The van der Waals surface area contributed by atoms with Gasteiger partial charge < -0.3 is 9.32 Å². The van der Waals surface area contributed by atoms with Gasteiger partial charge >= 0.3 is 0 Å². The quantitative estimate of drug-likeness (QED) is 0.757. The van der Waals surface area contributed by atoms with Crippen LogP contribution in [0, 0.1) is 13.8 Å². The van der Waals surface area contributed by atoms with Crippen molar-refractivity contribution in [3.63, 3.8) is 0 Å². The largest absolute Gasteiger partial charge is 0.437 e. The summed E-state index contributed by atoms with van der Waals surface area (Å²) in [5.74, 6) is 0.918. The molecule has 2 unspecified atom stereocenters. The first kappa shape index (κ1) is 17.3. The molecule has 0 N–H and O–H groups in total. The minimum absolute atomic E-state index is 0.0666. The minimum atomic E-state index is -3.00. The van der Waals surface area contributed by atoms with Crippen LogP contribution in [0.15, 0.2) is 9.64 Å². The second-order valence-electron chi connectivity index (χ2n) is 5.56. The Morgan fingerprint density at radius 3 is 2.64 bits per heavy atom. The summed E-state index contributed by atoms with van der Waals surface area (Å²) < 4.78 is 28.7. The fourth-order valence-corrected chi connectivity index (χ4v) is 5.18. The molecule has 0 spiro atoms. The van der Waals surface area contributed by atoms with E-state index < -0.39 is 9.84 Å². The fourth-order valence-electron chi connectivity index (χ4n) is 2.54. The van der Waals surface area contributed by atoms with E-state index in [1.165, 1.54) is 11.8 Å². The molecular weight excluding hydrogens is 324 g/mol. The van der Waals surface area contributed by atoms with E-state index in [9.17, 15) is 13.2 Å². The van der Waals surface area contributed by atoms with E-state index >= 15 is 0 Å². The number of oxazole rings is 1. The molecule has 2 rings (SSSR count). The maximum Gasteiger partial charge on any atom is 0.256 e. The Balaban J connectivity index is 2.04. The zero-order chi connectivity index (χ0) is 16.5. The third-order valence-electron chi connectivity index (χ3n) is 3.91. The third-order valence-corrected chi connectivity index (χ3v) is 6.59. The summed E-state index contributed by atoms with van der Waals surface area (Å²) in [4.78, 5) is 18.5. The van der Waals surface area contributed by atoms with Gasteiger partial charge in [-0.25, -0.2) is 13.4 Å². The van der Waals surface area contributed by atoms with Gasteiger partial charge in [0.25, 0.3) is 5.22 Å². The van der Waals surface area contributed by atoms with Crippen molar-refractivity contribution in [3.05, 3.63) is 11.5 Å². The average Bonchev–Trinajstić information content (AvgIpc) is 2.93. The predicted octanol–water partition coefficient (Wildman–Crippen LogP) is 1.81. The first-order chi connectivity index (χ1) is 10.2. The molecule has 1 aromatic heterocycles. The Bertz CT molecular complexity index is 634. The Kier molecular flexibility index (Phi) is 5.21. The van der Waals surface area contributed by atoms with Crippen LogP contribution < -0.4 is 0 Å². The van der Waals surface area contributed by atoms with E-state index in [4.69, 9.17) is 4.42 Å². The molecule has 1 saturated heterocycles. The van der Waals surface area contributed by atoms with Crippen molar-refractivity contribution in [3.8, 4) is 0 Å². The third kappa shape index (κ3) is 3.84. The van der Waals surface area contributed by atoms with Crippen molar-refractivity contribution in [1.82, 2.24) is 9.88 Å². The van der Waals surface area contributed by atoms with E-state index in [2.05, 4.69) is 4.98 Å². The number of aromatic nitrogens is 1. The Labute approximate surface area is 135 Å². The van der Waals surface area contributed by atoms with Gasteiger partial charge in [-0.05, 0) is 34.1 Å². The van der Waals surface area contributed by atoms with Gasteiger partial charge in [0.1, 0.15) is 5.76 Å². The molecule has 2 atom stereocenters. The van der Waals surface area contributed by atoms with Gasteiger partial charge in [0.15, 0.2) is 9.84 Å². The van der Waals surface area contributed by atoms with E-state index in [0.717, 1.165) is 11.5 Å². The highest BCUT2D eigenvalue weighted by Crippen LogP contribution is 2.27. The molecule has 0 aliphatic carbocycles. The molecule has 0 bridgehead atoms. The molecule has 0 radical (unpaired) electrons. The molecule has 6 nitrogen and oxygen atoms in total. The van der Waals surface area contributed by atoms with Crippen molar-refractivity contribution in [2.24, 2.45) is 0 Å². The monoisotopic (exact) mass is 346 g/mol. The van der Waals surface area contributed by atoms with Crippen LogP contribution in [-0.4, -0.2) is 53.6 Å². The van der Waals surface area contributed by atoms with Crippen molar-refractivity contribution in [1.29, 1.82) is 0 Å². The summed E-state index contributed by atoms with van der Waals surface area (Å²) in [6, 6.07) is -0.210. The molecule has 0 saturated carbocycles. The van der Waals surface area contributed by atoms with E-state index in [1.54, 1.807) is 11.8 Å². The van der Waals surface area contributed by atoms with Crippen molar-refractivity contribution < 1.29 is 17.6 Å². The van der Waals surface area contributed by atoms with Gasteiger partial charge in [-0.3, -0.25) is 4.79 Å². The second kappa shape index (κ2) is 6.62. The number of rotatable bonds is 5. The van der Waals surface area contributed by atoms with E-state index in [-0.39, 0.29) is 28.7 Å². The zero-order valence-electron chi connectivity index (χ0n) is 13.3. The van der Waals surface area contributed by atoms with Gasteiger partial charge in [-0.15, -0.1) is 0 Å². The van der Waals surface area contributed by atoms with E-state index in [1.807, 2.05) is 20.8 Å². The van der Waals surface area contributed by atoms with Crippen LogP contribution in [-0.2, 0) is 14.6 Å². The van der Waals surface area contributed by atoms with Crippen molar-refractivity contribution in [2.45, 2.75) is 50.6 Å². The summed E-state index contributed by atoms with van der Waals surface area (Å²) in [5, 5.41) is 0.117. The standard InChI is InChI=1S/C14H22N2O4S2/c1-5-16(12-6-7-22(18,19)8-12)13(17)11(4)21-14-15-9(2)10(3)20-14/h11-12H,5-8H2,1-4H3. The number of hydrogen-bond donors (Lipinski definition) is 0. The number of amides is 1. The lowest BCUT2D eigenvalue weighted by atomic mass is 10.2. The summed E-state index contributed by atoms with van der Waals surface area (Å²) >= 11 is 1.27. The highest BCUT2D eigenvalue weighted by atomic mass is 32.2. The number of thioether (sulfide) groups is 1. The summed E-state index contributed by atoms with van der Waals surface area (Å²) in [7, 11) is -3.00. The summed E-state index contributed by atoms with van der Waals surface area (Å²) in [5.41, 5.74) is 0.816. The highest BCUT2D eigenvalue weighted by molar-refractivity contribution is 8.00. The molecule has 1 aromatic rings. The molecule has 124 valence electrons. The topological polar surface area (TPSA) is 80.5 Å². The lowest BCUT2D eigenvalue weighted by molar-refractivity contribution is -0.131. The van der Waals surface area contributed by atoms with Gasteiger partial charge in [-0.2, -0.15) is 0 Å². The van der Waals surface area contributed by atoms with Crippen LogP contribution in [0.5, 0.6) is 0 Å². The number of aryl methyl sites for hydroxylation is 2. The smallest absolute Gasteiger partial charge is 0.256 e. The fraction of sp³-hybridized carbons (Fsp3) is 0.714. The SMILES string of the molecule is CCN(C(=O)C(C)Sc1nc(C)c(C)o1)C1CCS(=O)(=O)C1. The molecule has 1 fully saturated rings. The molecule has 8 heteroatoms. The van der Waals surface area contributed by atoms with Gasteiger partial charge in [-0.1, -0.05) is 11.8 Å². The number of carbonyl (C=O) groups is 1. The van der Waals surface area contributed by atoms with Crippen LogP contribution in [0.25, 0.3) is 0 Å². The molecule has 2 heterocycles. The maximum absolute atomic E-state index is 12.6. The van der Waals surface area contributed by atoms with Crippen LogP contribution in [0.4, 0.5) is 0 Å². The van der Waals surface area contributed by atoms with Gasteiger partial charge in [0.05, 0.1) is 22.4 Å². The van der Waals surface area contributed by atoms with Crippen LogP contribution >= 0.6 is 11.8 Å². The number of sulfone groups is 1. The highest BCUT2D eigenvalue weighted by Gasteiger charge is 2.35. The lowest BCUT2D eigenvalue weighted by Crippen LogP contribution is -2.44. The molecule has 0 aromatic carbocycles. The average molecular weight is 346 g/mol. The molecule has 1 aliphatic rings. The van der Waals surface area contributed by atoms with E-state index in [0.29, 0.717) is 18.2 Å². The number of nitrogens with zero attached hydrogens (tertiary/aromatic N) is 2. The molecular formula is C14H22N2O4S2. The number of hydrogen-bond acceptors (Lipinski definition) is 6. The molecule has 22 heavy (non-hydrogen) atoms. The zero-order valence-corrected chi connectivity index (χ0v) is 15.0.